The van der Waals surface area contributed by atoms with Crippen LogP contribution in [-0.2, 0) is 0 Å². The van der Waals surface area contributed by atoms with Gasteiger partial charge >= 0.3 is 5.97 Å². The first-order chi connectivity index (χ1) is 10.4. The van der Waals surface area contributed by atoms with Crippen LogP contribution in [0, 0.1) is 17.3 Å². The van der Waals surface area contributed by atoms with Crippen LogP contribution in [0.4, 0.5) is 5.69 Å². The number of non-ortho nitro benzene ring substituents is 1. The van der Waals surface area contributed by atoms with Crippen molar-refractivity contribution in [1.29, 1.82) is 0 Å². The molecule has 0 bridgehead atoms. The molecule has 0 fully saturated rings. The summed E-state index contributed by atoms with van der Waals surface area (Å²) in [6, 6.07) is 8.56. The highest BCUT2D eigenvalue weighted by atomic mass is 127. The summed E-state index contributed by atoms with van der Waals surface area (Å²) in [7, 11) is 0. The van der Waals surface area contributed by atoms with Crippen molar-refractivity contribution in [3.8, 4) is 5.75 Å². The van der Waals surface area contributed by atoms with E-state index in [1.165, 1.54) is 18.2 Å². The summed E-state index contributed by atoms with van der Waals surface area (Å²) in [5, 5.41) is 10.7. The van der Waals surface area contributed by atoms with E-state index in [4.69, 9.17) is 4.74 Å². The monoisotopic (exact) mass is 523 g/mol. The molecule has 0 radical (unpaired) electrons. The first-order valence-electron chi connectivity index (χ1n) is 5.83. The fourth-order valence-electron chi connectivity index (χ4n) is 1.67. The normalized spacial score (nSPS) is 10.1. The molecule has 0 atom stereocenters. The lowest BCUT2D eigenvalue weighted by molar-refractivity contribution is -0.384. The molecule has 2 rings (SSSR count). The molecule has 0 heterocycles. The minimum Gasteiger partial charge on any atom is -0.421 e. The van der Waals surface area contributed by atoms with Crippen molar-refractivity contribution in [2.24, 2.45) is 0 Å². The summed E-state index contributed by atoms with van der Waals surface area (Å²) in [5.74, 6) is -0.613. The van der Waals surface area contributed by atoms with Crippen LogP contribution in [0.25, 0.3) is 0 Å². The molecule has 0 unspecified atom stereocenters. The second-order valence-electron chi connectivity index (χ2n) is 4.12. The standard InChI is InChI=1S/C14H7I2NO5/c15-10-4-9(7-18)13(12(16)6-10)22-14(19)8-2-1-3-11(5-8)17(20)21/h1-7H. The predicted octanol–water partition coefficient (Wildman–Crippen LogP) is 3.84. The van der Waals surface area contributed by atoms with Gasteiger partial charge in [0.1, 0.15) is 0 Å². The third-order valence-electron chi connectivity index (χ3n) is 2.65. The number of benzene rings is 2. The van der Waals surface area contributed by atoms with Crippen molar-refractivity contribution in [3.63, 3.8) is 0 Å². The van der Waals surface area contributed by atoms with Crippen molar-refractivity contribution in [3.05, 3.63) is 64.8 Å². The highest BCUT2D eigenvalue weighted by Crippen LogP contribution is 2.28. The Kier molecular flexibility index (Phi) is 5.45. The van der Waals surface area contributed by atoms with Crippen LogP contribution in [0.15, 0.2) is 36.4 Å². The molecule has 0 saturated carbocycles. The Hall–Kier alpha value is -1.56. The van der Waals surface area contributed by atoms with Gasteiger partial charge in [-0.15, -0.1) is 0 Å². The Morgan fingerprint density at radius 1 is 1.23 bits per heavy atom. The van der Waals surface area contributed by atoms with Crippen molar-refractivity contribution < 1.29 is 19.2 Å². The number of nitrogens with zero attached hydrogens (tertiary/aromatic N) is 1. The van der Waals surface area contributed by atoms with E-state index in [0.29, 0.717) is 9.86 Å². The quantitative estimate of drug-likeness (QED) is 0.152. The highest BCUT2D eigenvalue weighted by Gasteiger charge is 2.17. The molecule has 0 amide bonds. The molecule has 2 aromatic carbocycles. The first kappa shape index (κ1) is 16.8. The minimum absolute atomic E-state index is 0.0420. The van der Waals surface area contributed by atoms with Gasteiger partial charge in [0.25, 0.3) is 5.69 Å². The molecular weight excluding hydrogens is 516 g/mol. The van der Waals surface area contributed by atoms with Crippen LogP contribution >= 0.6 is 45.2 Å². The molecule has 0 aliphatic carbocycles. The third-order valence-corrected chi connectivity index (χ3v) is 4.08. The fraction of sp³-hybridized carbons (Fsp3) is 0. The van der Waals surface area contributed by atoms with Gasteiger partial charge in [0.05, 0.1) is 19.6 Å². The summed E-state index contributed by atoms with van der Waals surface area (Å²) in [5.41, 5.74) is 0.0813. The van der Waals surface area contributed by atoms with E-state index >= 15 is 0 Å². The van der Waals surface area contributed by atoms with E-state index < -0.39 is 10.9 Å². The Labute approximate surface area is 152 Å². The van der Waals surface area contributed by atoms with Gasteiger partial charge in [-0.3, -0.25) is 14.9 Å². The lowest BCUT2D eigenvalue weighted by Crippen LogP contribution is -2.11. The van der Waals surface area contributed by atoms with Crippen molar-refractivity contribution in [1.82, 2.24) is 0 Å². The average molecular weight is 523 g/mol. The van der Waals surface area contributed by atoms with Crippen molar-refractivity contribution in [2.75, 3.05) is 0 Å². The average Bonchev–Trinajstić information content (AvgIpc) is 2.49. The van der Waals surface area contributed by atoms with Crippen LogP contribution in [0.1, 0.15) is 20.7 Å². The summed E-state index contributed by atoms with van der Waals surface area (Å²) in [4.78, 5) is 33.4. The third kappa shape index (κ3) is 3.80. The maximum absolute atomic E-state index is 12.1. The van der Waals surface area contributed by atoms with Gasteiger partial charge in [-0.2, -0.15) is 0 Å². The number of aldehydes is 1. The maximum atomic E-state index is 12.1. The summed E-state index contributed by atoms with van der Waals surface area (Å²) in [6.45, 7) is 0. The van der Waals surface area contributed by atoms with Crippen LogP contribution in [0.2, 0.25) is 0 Å². The minimum atomic E-state index is -0.758. The van der Waals surface area contributed by atoms with Crippen LogP contribution < -0.4 is 4.74 Å². The molecule has 8 heteroatoms. The first-order valence-corrected chi connectivity index (χ1v) is 7.99. The zero-order valence-corrected chi connectivity index (χ0v) is 15.1. The second-order valence-corrected chi connectivity index (χ2v) is 6.53. The van der Waals surface area contributed by atoms with Gasteiger partial charge in [-0.1, -0.05) is 6.07 Å². The zero-order chi connectivity index (χ0) is 16.3. The number of rotatable bonds is 4. The summed E-state index contributed by atoms with van der Waals surface area (Å²) >= 11 is 4.00. The number of esters is 1. The van der Waals surface area contributed by atoms with Gasteiger partial charge in [-0.25, -0.2) is 4.79 Å². The molecule has 22 heavy (non-hydrogen) atoms. The number of carbonyl (C=O) groups is 2. The second kappa shape index (κ2) is 7.13. The highest BCUT2D eigenvalue weighted by molar-refractivity contribution is 14.1. The Bertz CT molecular complexity index is 776. The molecule has 0 N–H and O–H groups in total. The molecule has 0 aliphatic rings. The van der Waals surface area contributed by atoms with E-state index in [2.05, 4.69) is 0 Å². The lowest BCUT2D eigenvalue weighted by atomic mass is 10.2. The van der Waals surface area contributed by atoms with Gasteiger partial charge in [0.2, 0.25) is 0 Å². The molecular formula is C14H7I2NO5. The van der Waals surface area contributed by atoms with E-state index in [1.807, 2.05) is 45.2 Å². The number of ether oxygens (including phenoxy) is 1. The predicted molar refractivity (Wildman–Crippen MR) is 95.3 cm³/mol. The Morgan fingerprint density at radius 3 is 2.59 bits per heavy atom. The molecule has 0 spiro atoms. The molecule has 0 aliphatic heterocycles. The summed E-state index contributed by atoms with van der Waals surface area (Å²) < 4.78 is 6.67. The van der Waals surface area contributed by atoms with Crippen LogP contribution in [-0.4, -0.2) is 17.2 Å². The van der Waals surface area contributed by atoms with Crippen molar-refractivity contribution in [2.45, 2.75) is 0 Å². The molecule has 112 valence electrons. The van der Waals surface area contributed by atoms with Crippen LogP contribution in [0.5, 0.6) is 5.75 Å². The Balaban J connectivity index is 2.35. The molecule has 0 saturated heterocycles. The summed E-state index contributed by atoms with van der Waals surface area (Å²) in [6.07, 6.45) is 0.598. The molecule has 0 aromatic heterocycles. The fourth-order valence-corrected chi connectivity index (χ4v) is 3.67. The van der Waals surface area contributed by atoms with E-state index in [0.717, 1.165) is 9.64 Å². The van der Waals surface area contributed by atoms with Gasteiger partial charge in [-0.05, 0) is 63.4 Å². The van der Waals surface area contributed by atoms with Crippen LogP contribution in [0.3, 0.4) is 0 Å². The smallest absolute Gasteiger partial charge is 0.343 e. The largest absolute Gasteiger partial charge is 0.421 e. The zero-order valence-electron chi connectivity index (χ0n) is 10.8. The van der Waals surface area contributed by atoms with Gasteiger partial charge in [0, 0.05) is 15.7 Å². The lowest BCUT2D eigenvalue weighted by Gasteiger charge is -2.09. The number of carbonyl (C=O) groups excluding carboxylic acids is 2. The Morgan fingerprint density at radius 2 is 1.95 bits per heavy atom. The van der Waals surface area contributed by atoms with Crippen molar-refractivity contribution >= 4 is 63.1 Å². The van der Waals surface area contributed by atoms with E-state index in [-0.39, 0.29) is 22.6 Å². The van der Waals surface area contributed by atoms with E-state index in [1.54, 1.807) is 12.1 Å². The SMILES string of the molecule is O=Cc1cc(I)cc(I)c1OC(=O)c1cccc([N+](=O)[O-])c1. The number of halogens is 2. The van der Waals surface area contributed by atoms with Gasteiger partial charge in [0.15, 0.2) is 12.0 Å². The topological polar surface area (TPSA) is 86.5 Å². The number of nitro benzene ring substituents is 1. The number of hydrogen-bond acceptors (Lipinski definition) is 5. The number of hydrogen-bond donors (Lipinski definition) is 0. The maximum Gasteiger partial charge on any atom is 0.343 e. The number of nitro groups is 1. The van der Waals surface area contributed by atoms with E-state index in [9.17, 15) is 19.7 Å². The molecule has 6 nitrogen and oxygen atoms in total. The molecule has 2 aromatic rings. The van der Waals surface area contributed by atoms with Gasteiger partial charge < -0.3 is 4.74 Å².